The van der Waals surface area contributed by atoms with Crippen LogP contribution in [0.25, 0.3) is 0 Å². The maximum atomic E-state index is 12.0. The molecule has 96 valence electrons. The number of hydrogen-bond donors (Lipinski definition) is 1. The Labute approximate surface area is 112 Å². The standard InChI is InChI=1S/C13H17N3OS/c1-15-7-6-11(13(15)17)16(2)10-5-3-4-9(8-10)12(14)18/h3-5,8,11H,6-7H2,1-2H3,(H2,14,18). The molecule has 1 heterocycles. The summed E-state index contributed by atoms with van der Waals surface area (Å²) in [5, 5.41) is 0. The molecule has 1 aromatic rings. The van der Waals surface area contributed by atoms with Gasteiger partial charge >= 0.3 is 0 Å². The van der Waals surface area contributed by atoms with E-state index >= 15 is 0 Å². The SMILES string of the molecule is CN1CCC(N(C)c2cccc(C(N)=S)c2)C1=O. The van der Waals surface area contributed by atoms with Crippen molar-refractivity contribution in [2.45, 2.75) is 12.5 Å². The van der Waals surface area contributed by atoms with Crippen LogP contribution in [-0.4, -0.2) is 42.5 Å². The van der Waals surface area contributed by atoms with Crippen LogP contribution >= 0.6 is 12.2 Å². The van der Waals surface area contributed by atoms with Crippen LogP contribution in [0.4, 0.5) is 5.69 Å². The van der Waals surface area contributed by atoms with Gasteiger partial charge in [0.15, 0.2) is 0 Å². The number of likely N-dealkylation sites (N-methyl/N-ethyl adjacent to an activating group) is 2. The average molecular weight is 263 g/mol. The topological polar surface area (TPSA) is 49.6 Å². The van der Waals surface area contributed by atoms with Gasteiger partial charge in [0.1, 0.15) is 11.0 Å². The molecular weight excluding hydrogens is 246 g/mol. The van der Waals surface area contributed by atoms with Gasteiger partial charge in [0.25, 0.3) is 0 Å². The highest BCUT2D eigenvalue weighted by Crippen LogP contribution is 2.22. The van der Waals surface area contributed by atoms with Gasteiger partial charge in [-0.25, -0.2) is 0 Å². The summed E-state index contributed by atoms with van der Waals surface area (Å²) < 4.78 is 0. The highest BCUT2D eigenvalue weighted by Gasteiger charge is 2.32. The molecule has 5 heteroatoms. The number of hydrogen-bond acceptors (Lipinski definition) is 3. The van der Waals surface area contributed by atoms with Gasteiger partial charge in [-0.05, 0) is 18.6 Å². The Morgan fingerprint density at radius 3 is 2.83 bits per heavy atom. The van der Waals surface area contributed by atoms with Crippen molar-refractivity contribution in [1.82, 2.24) is 4.90 Å². The maximum absolute atomic E-state index is 12.0. The Kier molecular flexibility index (Phi) is 3.52. The summed E-state index contributed by atoms with van der Waals surface area (Å²) in [6.07, 6.45) is 0.850. The van der Waals surface area contributed by atoms with E-state index in [1.165, 1.54) is 0 Å². The van der Waals surface area contributed by atoms with Gasteiger partial charge in [0.2, 0.25) is 5.91 Å². The van der Waals surface area contributed by atoms with Crippen LogP contribution in [0.2, 0.25) is 0 Å². The Morgan fingerprint density at radius 2 is 2.28 bits per heavy atom. The van der Waals surface area contributed by atoms with Gasteiger partial charge in [-0.1, -0.05) is 24.4 Å². The van der Waals surface area contributed by atoms with E-state index in [0.29, 0.717) is 4.99 Å². The van der Waals surface area contributed by atoms with Crippen molar-refractivity contribution < 1.29 is 4.79 Å². The van der Waals surface area contributed by atoms with Crippen molar-refractivity contribution in [2.24, 2.45) is 5.73 Å². The number of benzene rings is 1. The lowest BCUT2D eigenvalue weighted by molar-refractivity contribution is -0.127. The van der Waals surface area contributed by atoms with Gasteiger partial charge in [-0.3, -0.25) is 4.79 Å². The third-order valence-corrected chi connectivity index (χ3v) is 3.64. The molecule has 18 heavy (non-hydrogen) atoms. The molecule has 1 aliphatic rings. The second-order valence-corrected chi connectivity index (χ2v) is 5.03. The summed E-state index contributed by atoms with van der Waals surface area (Å²) in [5.41, 5.74) is 7.42. The van der Waals surface area contributed by atoms with Crippen LogP contribution in [0.5, 0.6) is 0 Å². The molecule has 0 saturated carbocycles. The molecule has 1 aromatic carbocycles. The van der Waals surface area contributed by atoms with Crippen LogP contribution in [-0.2, 0) is 4.79 Å². The average Bonchev–Trinajstić information content (AvgIpc) is 2.69. The molecule has 1 unspecified atom stereocenters. The summed E-state index contributed by atoms with van der Waals surface area (Å²) in [4.78, 5) is 16.1. The fourth-order valence-corrected chi connectivity index (χ4v) is 2.35. The van der Waals surface area contributed by atoms with Gasteiger partial charge in [0.05, 0.1) is 0 Å². The molecular formula is C13H17N3OS. The first-order valence-corrected chi connectivity index (χ1v) is 6.29. The van der Waals surface area contributed by atoms with E-state index in [-0.39, 0.29) is 11.9 Å². The van der Waals surface area contributed by atoms with E-state index in [2.05, 4.69) is 0 Å². The van der Waals surface area contributed by atoms with Gasteiger partial charge < -0.3 is 15.5 Å². The zero-order chi connectivity index (χ0) is 13.3. The predicted molar refractivity (Wildman–Crippen MR) is 76.8 cm³/mol. The lowest BCUT2D eigenvalue weighted by Gasteiger charge is -2.25. The minimum Gasteiger partial charge on any atom is -0.389 e. The second-order valence-electron chi connectivity index (χ2n) is 4.59. The van der Waals surface area contributed by atoms with Crippen LogP contribution in [0.1, 0.15) is 12.0 Å². The lowest BCUT2D eigenvalue weighted by Crippen LogP contribution is -2.38. The molecule has 1 aliphatic heterocycles. The summed E-state index contributed by atoms with van der Waals surface area (Å²) in [6, 6.07) is 7.59. The summed E-state index contributed by atoms with van der Waals surface area (Å²) in [6.45, 7) is 0.808. The zero-order valence-corrected chi connectivity index (χ0v) is 11.4. The van der Waals surface area contributed by atoms with Crippen LogP contribution in [0.15, 0.2) is 24.3 Å². The Bertz CT molecular complexity index is 489. The molecule has 0 aliphatic carbocycles. The number of nitrogens with zero attached hydrogens (tertiary/aromatic N) is 2. The largest absolute Gasteiger partial charge is 0.389 e. The van der Waals surface area contributed by atoms with Crippen molar-refractivity contribution in [1.29, 1.82) is 0 Å². The minimum atomic E-state index is -0.0865. The van der Waals surface area contributed by atoms with Crippen LogP contribution in [0.3, 0.4) is 0 Å². The number of likely N-dealkylation sites (tertiary alicyclic amines) is 1. The van der Waals surface area contributed by atoms with E-state index in [0.717, 1.165) is 24.2 Å². The number of thiocarbonyl (C=S) groups is 1. The van der Waals surface area contributed by atoms with Crippen molar-refractivity contribution in [2.75, 3.05) is 25.5 Å². The number of carbonyl (C=O) groups excluding carboxylic acids is 1. The van der Waals surface area contributed by atoms with Gasteiger partial charge in [-0.15, -0.1) is 0 Å². The first kappa shape index (κ1) is 12.8. The number of carbonyl (C=O) groups is 1. The molecule has 1 amide bonds. The molecule has 2 rings (SSSR count). The fourth-order valence-electron chi connectivity index (χ4n) is 2.22. The van der Waals surface area contributed by atoms with E-state index in [4.69, 9.17) is 18.0 Å². The number of rotatable bonds is 3. The smallest absolute Gasteiger partial charge is 0.245 e. The number of anilines is 1. The normalized spacial score (nSPS) is 19.1. The molecule has 0 radical (unpaired) electrons. The third-order valence-electron chi connectivity index (χ3n) is 3.40. The van der Waals surface area contributed by atoms with Crippen molar-refractivity contribution in [3.8, 4) is 0 Å². The predicted octanol–water partition coefficient (Wildman–Crippen LogP) is 0.988. The Morgan fingerprint density at radius 1 is 1.56 bits per heavy atom. The van der Waals surface area contributed by atoms with Gasteiger partial charge in [0, 0.05) is 31.9 Å². The first-order valence-electron chi connectivity index (χ1n) is 5.88. The molecule has 0 bridgehead atoms. The van der Waals surface area contributed by atoms with Crippen molar-refractivity contribution >= 4 is 28.8 Å². The molecule has 1 saturated heterocycles. The van der Waals surface area contributed by atoms with E-state index in [1.807, 2.05) is 43.3 Å². The summed E-state index contributed by atoms with van der Waals surface area (Å²) in [7, 11) is 3.77. The van der Waals surface area contributed by atoms with Gasteiger partial charge in [-0.2, -0.15) is 0 Å². The Balaban J connectivity index is 2.23. The molecule has 0 aromatic heterocycles. The first-order chi connectivity index (χ1) is 8.50. The molecule has 4 nitrogen and oxygen atoms in total. The minimum absolute atomic E-state index is 0.0865. The quantitative estimate of drug-likeness (QED) is 0.826. The maximum Gasteiger partial charge on any atom is 0.245 e. The van der Waals surface area contributed by atoms with E-state index in [9.17, 15) is 4.79 Å². The second kappa shape index (κ2) is 4.94. The van der Waals surface area contributed by atoms with E-state index in [1.54, 1.807) is 4.90 Å². The Hall–Kier alpha value is -1.62. The molecule has 0 spiro atoms. The monoisotopic (exact) mass is 263 g/mol. The van der Waals surface area contributed by atoms with Crippen molar-refractivity contribution in [3.63, 3.8) is 0 Å². The molecule has 1 atom stereocenters. The highest BCUT2D eigenvalue weighted by molar-refractivity contribution is 7.80. The summed E-state index contributed by atoms with van der Waals surface area (Å²) in [5.74, 6) is 0.165. The van der Waals surface area contributed by atoms with Crippen LogP contribution < -0.4 is 10.6 Å². The van der Waals surface area contributed by atoms with Crippen molar-refractivity contribution in [3.05, 3.63) is 29.8 Å². The lowest BCUT2D eigenvalue weighted by atomic mass is 10.1. The van der Waals surface area contributed by atoms with E-state index < -0.39 is 0 Å². The molecule has 1 fully saturated rings. The summed E-state index contributed by atoms with van der Waals surface area (Å²) >= 11 is 4.97. The number of amides is 1. The molecule has 2 N–H and O–H groups in total. The fraction of sp³-hybridized carbons (Fsp3) is 0.385. The highest BCUT2D eigenvalue weighted by atomic mass is 32.1. The van der Waals surface area contributed by atoms with Crippen LogP contribution in [0, 0.1) is 0 Å². The third kappa shape index (κ3) is 2.31. The number of nitrogens with two attached hydrogens (primary N) is 1. The zero-order valence-electron chi connectivity index (χ0n) is 10.6.